The van der Waals surface area contributed by atoms with Crippen molar-refractivity contribution in [2.45, 2.75) is 33.6 Å². The molecule has 0 unspecified atom stereocenters. The van der Waals surface area contributed by atoms with E-state index in [0.29, 0.717) is 12.3 Å². The first-order valence-corrected chi connectivity index (χ1v) is 6.81. The van der Waals surface area contributed by atoms with Gasteiger partial charge in [0.25, 0.3) is 0 Å². The smallest absolute Gasteiger partial charge is 0.122 e. The first-order valence-electron chi connectivity index (χ1n) is 6.81. The average molecular weight is 266 g/mol. The van der Waals surface area contributed by atoms with Crippen LogP contribution in [0.3, 0.4) is 0 Å². The Morgan fingerprint density at radius 2 is 1.84 bits per heavy atom. The Morgan fingerprint density at radius 3 is 2.32 bits per heavy atom. The van der Waals surface area contributed by atoms with Gasteiger partial charge in [0, 0.05) is 5.41 Å². The number of hydrogen-bond donors (Lipinski definition) is 2. The zero-order valence-corrected chi connectivity index (χ0v) is 12.4. The quantitative estimate of drug-likeness (QED) is 0.797. The molecule has 1 aromatic carbocycles. The Morgan fingerprint density at radius 1 is 1.21 bits per heavy atom. The zero-order valence-electron chi connectivity index (χ0n) is 12.4. The van der Waals surface area contributed by atoms with Crippen molar-refractivity contribution in [3.63, 3.8) is 0 Å². The fourth-order valence-corrected chi connectivity index (χ4v) is 2.68. The normalized spacial score (nSPS) is 11.9. The van der Waals surface area contributed by atoms with Crippen LogP contribution in [-0.4, -0.2) is 30.5 Å². The standard InChI is InChI=1S/C16H26O3/c1-12(2)8-16(10-17,11-18)9-14-7-13(3)5-6-15(14)19-4/h5-7,12,17-18H,8-11H2,1-4H3. The summed E-state index contributed by atoms with van der Waals surface area (Å²) in [5.74, 6) is 1.25. The Labute approximate surface area is 116 Å². The molecule has 0 aliphatic carbocycles. The highest BCUT2D eigenvalue weighted by molar-refractivity contribution is 5.37. The van der Waals surface area contributed by atoms with Gasteiger partial charge in [-0.25, -0.2) is 0 Å². The van der Waals surface area contributed by atoms with Crippen LogP contribution in [0.25, 0.3) is 0 Å². The molecule has 0 fully saturated rings. The van der Waals surface area contributed by atoms with Crippen LogP contribution in [-0.2, 0) is 6.42 Å². The van der Waals surface area contributed by atoms with Crippen molar-refractivity contribution in [1.82, 2.24) is 0 Å². The summed E-state index contributed by atoms with van der Waals surface area (Å²) in [5.41, 5.74) is 1.73. The van der Waals surface area contributed by atoms with Gasteiger partial charge in [-0.3, -0.25) is 0 Å². The molecule has 0 aliphatic rings. The van der Waals surface area contributed by atoms with Crippen LogP contribution in [0.5, 0.6) is 5.75 Å². The lowest BCUT2D eigenvalue weighted by Gasteiger charge is -2.32. The number of benzene rings is 1. The number of ether oxygens (including phenoxy) is 1. The minimum absolute atomic E-state index is 0.0151. The third-order valence-electron chi connectivity index (χ3n) is 3.51. The van der Waals surface area contributed by atoms with E-state index < -0.39 is 5.41 Å². The molecule has 108 valence electrons. The summed E-state index contributed by atoms with van der Waals surface area (Å²) >= 11 is 0. The monoisotopic (exact) mass is 266 g/mol. The Kier molecular flexibility index (Phi) is 5.83. The molecule has 0 saturated heterocycles. The van der Waals surface area contributed by atoms with E-state index in [1.807, 2.05) is 19.1 Å². The van der Waals surface area contributed by atoms with Gasteiger partial charge in [0.05, 0.1) is 20.3 Å². The number of methoxy groups -OCH3 is 1. The minimum atomic E-state index is -0.477. The molecule has 0 bridgehead atoms. The van der Waals surface area contributed by atoms with E-state index in [1.165, 1.54) is 0 Å². The van der Waals surface area contributed by atoms with E-state index in [0.717, 1.165) is 23.3 Å². The second-order valence-corrected chi connectivity index (χ2v) is 5.91. The molecule has 0 radical (unpaired) electrons. The zero-order chi connectivity index (χ0) is 14.5. The first-order chi connectivity index (χ1) is 8.96. The molecule has 1 aromatic rings. The summed E-state index contributed by atoms with van der Waals surface area (Å²) in [7, 11) is 1.65. The van der Waals surface area contributed by atoms with Gasteiger partial charge in [-0.1, -0.05) is 31.5 Å². The predicted molar refractivity (Wildman–Crippen MR) is 77.5 cm³/mol. The Balaban J connectivity index is 3.05. The number of aryl methyl sites for hydroxylation is 1. The van der Waals surface area contributed by atoms with Crippen molar-refractivity contribution in [1.29, 1.82) is 0 Å². The highest BCUT2D eigenvalue weighted by atomic mass is 16.5. The van der Waals surface area contributed by atoms with Gasteiger partial charge in [0.2, 0.25) is 0 Å². The summed E-state index contributed by atoms with van der Waals surface area (Å²) < 4.78 is 5.38. The minimum Gasteiger partial charge on any atom is -0.496 e. The van der Waals surface area contributed by atoms with Gasteiger partial charge >= 0.3 is 0 Å². The summed E-state index contributed by atoms with van der Waals surface area (Å²) in [6.45, 7) is 6.21. The van der Waals surface area contributed by atoms with Crippen molar-refractivity contribution in [2.75, 3.05) is 20.3 Å². The second-order valence-electron chi connectivity index (χ2n) is 5.91. The van der Waals surface area contributed by atoms with Crippen molar-refractivity contribution < 1.29 is 14.9 Å². The fraction of sp³-hybridized carbons (Fsp3) is 0.625. The van der Waals surface area contributed by atoms with E-state index >= 15 is 0 Å². The molecule has 1 rings (SSSR count). The molecule has 0 spiro atoms. The van der Waals surface area contributed by atoms with Gasteiger partial charge in [0.1, 0.15) is 5.75 Å². The largest absolute Gasteiger partial charge is 0.496 e. The topological polar surface area (TPSA) is 49.7 Å². The Bertz CT molecular complexity index is 395. The molecule has 3 nitrogen and oxygen atoms in total. The summed E-state index contributed by atoms with van der Waals surface area (Å²) in [5, 5.41) is 19.4. The molecule has 0 aliphatic heterocycles. The highest BCUT2D eigenvalue weighted by Crippen LogP contribution is 2.33. The Hall–Kier alpha value is -1.06. The van der Waals surface area contributed by atoms with Crippen LogP contribution in [0.1, 0.15) is 31.4 Å². The molecule has 2 N–H and O–H groups in total. The molecular formula is C16H26O3. The molecule has 19 heavy (non-hydrogen) atoms. The van der Waals surface area contributed by atoms with E-state index in [2.05, 4.69) is 19.9 Å². The number of aliphatic hydroxyl groups is 2. The SMILES string of the molecule is COc1ccc(C)cc1CC(CO)(CO)CC(C)C. The summed E-state index contributed by atoms with van der Waals surface area (Å²) in [4.78, 5) is 0. The lowest BCUT2D eigenvalue weighted by molar-refractivity contribution is 0.0365. The van der Waals surface area contributed by atoms with E-state index in [1.54, 1.807) is 7.11 Å². The van der Waals surface area contributed by atoms with Crippen LogP contribution < -0.4 is 4.74 Å². The van der Waals surface area contributed by atoms with Crippen LogP contribution >= 0.6 is 0 Å². The maximum absolute atomic E-state index is 9.72. The summed E-state index contributed by atoms with van der Waals surface area (Å²) in [6.07, 6.45) is 1.42. The van der Waals surface area contributed by atoms with Crippen LogP contribution in [0.4, 0.5) is 0 Å². The van der Waals surface area contributed by atoms with Crippen LogP contribution in [0.15, 0.2) is 18.2 Å². The van der Waals surface area contributed by atoms with Crippen molar-refractivity contribution >= 4 is 0 Å². The van der Waals surface area contributed by atoms with Crippen molar-refractivity contribution in [2.24, 2.45) is 11.3 Å². The van der Waals surface area contributed by atoms with E-state index in [9.17, 15) is 10.2 Å². The molecular weight excluding hydrogens is 240 g/mol. The van der Waals surface area contributed by atoms with E-state index in [4.69, 9.17) is 4.74 Å². The summed E-state index contributed by atoms with van der Waals surface area (Å²) in [6, 6.07) is 6.02. The molecule has 0 heterocycles. The highest BCUT2D eigenvalue weighted by Gasteiger charge is 2.31. The second kappa shape index (κ2) is 6.92. The van der Waals surface area contributed by atoms with Gasteiger partial charge in [-0.15, -0.1) is 0 Å². The van der Waals surface area contributed by atoms with E-state index in [-0.39, 0.29) is 13.2 Å². The maximum Gasteiger partial charge on any atom is 0.122 e. The number of rotatable bonds is 7. The predicted octanol–water partition coefficient (Wildman–Crippen LogP) is 2.56. The third-order valence-corrected chi connectivity index (χ3v) is 3.51. The first kappa shape index (κ1) is 16.0. The van der Waals surface area contributed by atoms with Gasteiger partial charge in [-0.2, -0.15) is 0 Å². The van der Waals surface area contributed by atoms with Crippen LogP contribution in [0, 0.1) is 18.3 Å². The molecule has 0 saturated carbocycles. The third kappa shape index (κ3) is 4.22. The lowest BCUT2D eigenvalue weighted by atomic mass is 9.76. The van der Waals surface area contributed by atoms with Gasteiger partial charge < -0.3 is 14.9 Å². The van der Waals surface area contributed by atoms with Gasteiger partial charge in [0.15, 0.2) is 0 Å². The molecule has 0 aromatic heterocycles. The molecule has 3 heteroatoms. The van der Waals surface area contributed by atoms with Crippen molar-refractivity contribution in [3.8, 4) is 5.75 Å². The average Bonchev–Trinajstić information content (AvgIpc) is 2.37. The fourth-order valence-electron chi connectivity index (χ4n) is 2.68. The molecule has 0 atom stereocenters. The lowest BCUT2D eigenvalue weighted by Crippen LogP contribution is -2.34. The maximum atomic E-state index is 9.72. The molecule has 0 amide bonds. The number of hydrogen-bond acceptors (Lipinski definition) is 3. The van der Waals surface area contributed by atoms with Gasteiger partial charge in [-0.05, 0) is 37.3 Å². The van der Waals surface area contributed by atoms with Crippen LogP contribution in [0.2, 0.25) is 0 Å². The number of aliphatic hydroxyl groups excluding tert-OH is 2. The van der Waals surface area contributed by atoms with Crippen molar-refractivity contribution in [3.05, 3.63) is 29.3 Å².